The molecule has 0 amide bonds. The Balaban J connectivity index is 1.46. The maximum Gasteiger partial charge on any atom is 0.238 e. The molecule has 0 aliphatic rings. The molecule has 0 atom stereocenters. The molecule has 9 heteroatoms. The molecule has 2 aromatic heterocycles. The van der Waals surface area contributed by atoms with Gasteiger partial charge in [-0.3, -0.25) is 4.98 Å². The van der Waals surface area contributed by atoms with Gasteiger partial charge in [-0.2, -0.15) is 4.98 Å². The molecule has 0 aliphatic heterocycles. The van der Waals surface area contributed by atoms with E-state index in [0.717, 1.165) is 17.7 Å². The van der Waals surface area contributed by atoms with Gasteiger partial charge in [0.15, 0.2) is 0 Å². The van der Waals surface area contributed by atoms with Gasteiger partial charge in [0.2, 0.25) is 16.0 Å². The number of sulfonamides is 1. The van der Waals surface area contributed by atoms with Crippen LogP contribution in [0.2, 0.25) is 0 Å². The van der Waals surface area contributed by atoms with Crippen LogP contribution < -0.4 is 15.8 Å². The molecule has 162 valence electrons. The average Bonchev–Trinajstić information content (AvgIpc) is 2.78. The summed E-state index contributed by atoms with van der Waals surface area (Å²) in [4.78, 5) is 12.9. The molecule has 4 rings (SSSR count). The predicted octanol–water partition coefficient (Wildman–Crippen LogP) is 3.91. The van der Waals surface area contributed by atoms with Crippen LogP contribution >= 0.6 is 0 Å². The summed E-state index contributed by atoms with van der Waals surface area (Å²) in [6, 6.07) is 18.3. The van der Waals surface area contributed by atoms with Crippen LogP contribution in [0, 0.1) is 6.92 Å². The van der Waals surface area contributed by atoms with Gasteiger partial charge >= 0.3 is 0 Å². The van der Waals surface area contributed by atoms with Crippen LogP contribution in [-0.2, 0) is 16.4 Å². The largest absolute Gasteiger partial charge is 0.340 e. The number of nitrogens with zero attached hydrogens (tertiary/aromatic N) is 3. The van der Waals surface area contributed by atoms with Crippen LogP contribution in [0.4, 0.5) is 23.1 Å². The molecular weight excluding hydrogens is 424 g/mol. The molecule has 4 N–H and O–H groups in total. The maximum absolute atomic E-state index is 11.4. The first-order valence-electron chi connectivity index (χ1n) is 9.85. The smallest absolute Gasteiger partial charge is 0.238 e. The number of aromatic nitrogens is 3. The zero-order valence-corrected chi connectivity index (χ0v) is 18.2. The number of pyridine rings is 1. The lowest BCUT2D eigenvalue weighted by atomic mass is 10.1. The second kappa shape index (κ2) is 9.13. The molecular formula is C23H22N6O2S. The molecule has 2 aromatic carbocycles. The molecule has 0 aliphatic carbocycles. The van der Waals surface area contributed by atoms with Crippen molar-refractivity contribution in [2.75, 3.05) is 10.6 Å². The second-order valence-corrected chi connectivity index (χ2v) is 8.84. The van der Waals surface area contributed by atoms with Crippen LogP contribution in [0.25, 0.3) is 0 Å². The van der Waals surface area contributed by atoms with E-state index in [1.807, 2.05) is 31.2 Å². The minimum Gasteiger partial charge on any atom is -0.340 e. The number of nitrogens with one attached hydrogen (secondary N) is 2. The van der Waals surface area contributed by atoms with Crippen molar-refractivity contribution in [3.63, 3.8) is 0 Å². The maximum atomic E-state index is 11.4. The topological polar surface area (TPSA) is 123 Å². The van der Waals surface area contributed by atoms with Gasteiger partial charge in [-0.15, -0.1) is 0 Å². The van der Waals surface area contributed by atoms with Crippen LogP contribution in [-0.4, -0.2) is 23.4 Å². The standard InChI is InChI=1S/C23H22N6O2S/c1-16-15-26-23(28-20-6-8-21(9-7-20)32(24,30)31)29-22(16)27-19-4-2-17(3-5-19)14-18-10-12-25-13-11-18/h2-13,15H,14H2,1H3,(H2,24,30,31)(H2,26,27,28,29). The van der Waals surface area contributed by atoms with E-state index in [2.05, 4.69) is 37.7 Å². The van der Waals surface area contributed by atoms with Gasteiger partial charge in [-0.1, -0.05) is 12.1 Å². The Morgan fingerprint density at radius 1 is 0.844 bits per heavy atom. The van der Waals surface area contributed by atoms with E-state index in [4.69, 9.17) is 5.14 Å². The van der Waals surface area contributed by atoms with Crippen LogP contribution in [0.5, 0.6) is 0 Å². The van der Waals surface area contributed by atoms with Crippen LogP contribution in [0.15, 0.2) is 84.1 Å². The minimum atomic E-state index is -3.73. The van der Waals surface area contributed by atoms with Crippen molar-refractivity contribution in [2.24, 2.45) is 5.14 Å². The molecule has 4 aromatic rings. The number of hydrogen-bond donors (Lipinski definition) is 3. The Labute approximate surface area is 186 Å². The third kappa shape index (κ3) is 5.45. The first kappa shape index (κ1) is 21.4. The highest BCUT2D eigenvalue weighted by Crippen LogP contribution is 2.22. The Bertz CT molecular complexity index is 1310. The highest BCUT2D eigenvalue weighted by Gasteiger charge is 2.09. The van der Waals surface area contributed by atoms with Crippen LogP contribution in [0.3, 0.4) is 0 Å². The molecule has 0 radical (unpaired) electrons. The van der Waals surface area contributed by atoms with E-state index >= 15 is 0 Å². The number of anilines is 4. The van der Waals surface area contributed by atoms with Crippen molar-refractivity contribution < 1.29 is 8.42 Å². The average molecular weight is 447 g/mol. The summed E-state index contributed by atoms with van der Waals surface area (Å²) in [6.07, 6.45) is 6.15. The van der Waals surface area contributed by atoms with Gasteiger partial charge in [-0.25, -0.2) is 18.5 Å². The van der Waals surface area contributed by atoms with Crippen molar-refractivity contribution in [1.82, 2.24) is 15.0 Å². The number of benzene rings is 2. The Morgan fingerprint density at radius 2 is 1.44 bits per heavy atom. The highest BCUT2D eigenvalue weighted by atomic mass is 32.2. The molecule has 0 spiro atoms. The van der Waals surface area contributed by atoms with Gasteiger partial charge in [0.25, 0.3) is 0 Å². The number of hydrogen-bond acceptors (Lipinski definition) is 7. The van der Waals surface area contributed by atoms with Gasteiger partial charge in [-0.05, 0) is 73.0 Å². The molecule has 32 heavy (non-hydrogen) atoms. The van der Waals surface area contributed by atoms with Crippen molar-refractivity contribution in [3.05, 3.63) is 95.9 Å². The van der Waals surface area contributed by atoms with E-state index < -0.39 is 10.0 Å². The van der Waals surface area contributed by atoms with E-state index in [9.17, 15) is 8.42 Å². The number of rotatable bonds is 7. The lowest BCUT2D eigenvalue weighted by Crippen LogP contribution is -2.11. The molecule has 0 saturated heterocycles. The van der Waals surface area contributed by atoms with Gasteiger partial charge in [0.05, 0.1) is 4.90 Å². The summed E-state index contributed by atoms with van der Waals surface area (Å²) < 4.78 is 22.8. The summed E-state index contributed by atoms with van der Waals surface area (Å²) in [6.45, 7) is 1.92. The molecule has 2 heterocycles. The van der Waals surface area contributed by atoms with Gasteiger partial charge < -0.3 is 10.6 Å². The predicted molar refractivity (Wildman–Crippen MR) is 125 cm³/mol. The third-order valence-corrected chi connectivity index (χ3v) is 5.71. The summed E-state index contributed by atoms with van der Waals surface area (Å²) in [5, 5.41) is 11.5. The fourth-order valence-electron chi connectivity index (χ4n) is 3.06. The Hall–Kier alpha value is -3.82. The van der Waals surface area contributed by atoms with Gasteiger partial charge in [0, 0.05) is 35.5 Å². The monoisotopic (exact) mass is 446 g/mol. The molecule has 0 bridgehead atoms. The number of aryl methyl sites for hydroxylation is 1. The van der Waals surface area contributed by atoms with E-state index in [0.29, 0.717) is 17.5 Å². The first-order chi connectivity index (χ1) is 15.4. The third-order valence-electron chi connectivity index (χ3n) is 4.78. The summed E-state index contributed by atoms with van der Waals surface area (Å²) in [7, 11) is -3.73. The second-order valence-electron chi connectivity index (χ2n) is 7.27. The van der Waals surface area contributed by atoms with E-state index in [1.54, 1.807) is 30.7 Å². The zero-order chi connectivity index (χ0) is 22.6. The zero-order valence-electron chi connectivity index (χ0n) is 17.4. The van der Waals surface area contributed by atoms with Crippen molar-refractivity contribution >= 4 is 33.2 Å². The minimum absolute atomic E-state index is 0.0441. The SMILES string of the molecule is Cc1cnc(Nc2ccc(S(N)(=O)=O)cc2)nc1Nc1ccc(Cc2ccncc2)cc1. The van der Waals surface area contributed by atoms with E-state index in [-0.39, 0.29) is 4.90 Å². The quantitative estimate of drug-likeness (QED) is 0.393. The van der Waals surface area contributed by atoms with Crippen molar-refractivity contribution in [1.29, 1.82) is 0 Å². The number of primary sulfonamides is 1. The lowest BCUT2D eigenvalue weighted by Gasteiger charge is -2.12. The molecule has 0 unspecified atom stereocenters. The lowest BCUT2D eigenvalue weighted by molar-refractivity contribution is 0.598. The van der Waals surface area contributed by atoms with Crippen molar-refractivity contribution in [2.45, 2.75) is 18.2 Å². The highest BCUT2D eigenvalue weighted by molar-refractivity contribution is 7.89. The molecule has 0 saturated carbocycles. The fourth-order valence-corrected chi connectivity index (χ4v) is 3.58. The Kier molecular flexibility index (Phi) is 6.11. The first-order valence-corrected chi connectivity index (χ1v) is 11.4. The van der Waals surface area contributed by atoms with Crippen LogP contribution in [0.1, 0.15) is 16.7 Å². The fraction of sp³-hybridized carbons (Fsp3) is 0.0870. The summed E-state index contributed by atoms with van der Waals surface area (Å²) >= 11 is 0. The number of nitrogens with two attached hydrogens (primary N) is 1. The van der Waals surface area contributed by atoms with E-state index in [1.165, 1.54) is 23.3 Å². The summed E-state index contributed by atoms with van der Waals surface area (Å²) in [5.41, 5.74) is 4.86. The molecule has 0 fully saturated rings. The van der Waals surface area contributed by atoms with Crippen molar-refractivity contribution in [3.8, 4) is 0 Å². The Morgan fingerprint density at radius 3 is 2.09 bits per heavy atom. The van der Waals surface area contributed by atoms with Gasteiger partial charge in [0.1, 0.15) is 5.82 Å². The normalized spacial score (nSPS) is 11.2. The molecule has 8 nitrogen and oxygen atoms in total. The summed E-state index contributed by atoms with van der Waals surface area (Å²) in [5.74, 6) is 1.06.